The number of rotatable bonds is 1. The second-order valence-electron chi connectivity index (χ2n) is 2.76. The average Bonchev–Trinajstić information content (AvgIpc) is 2.47. The minimum Gasteiger partial charge on any atom is -0.358 e. The van der Waals surface area contributed by atoms with Crippen molar-refractivity contribution in [1.29, 1.82) is 0 Å². The van der Waals surface area contributed by atoms with Gasteiger partial charge in [0, 0.05) is 22.5 Å². The molecule has 72 valence electrons. The molecule has 0 saturated heterocycles. The number of hydrogen-bond donors (Lipinski definition) is 1. The Bertz CT molecular complexity index is 521. The van der Waals surface area contributed by atoms with Crippen molar-refractivity contribution in [2.24, 2.45) is 0 Å². The molecule has 0 radical (unpaired) electrons. The van der Waals surface area contributed by atoms with Crippen LogP contribution in [0.3, 0.4) is 0 Å². The highest BCUT2D eigenvalue weighted by Crippen LogP contribution is 2.30. The van der Waals surface area contributed by atoms with Gasteiger partial charge in [-0.2, -0.15) is 0 Å². The van der Waals surface area contributed by atoms with Gasteiger partial charge in [-0.15, -0.1) is 0 Å². The number of H-pyrrole nitrogens is 1. The highest BCUT2D eigenvalue weighted by atomic mass is 35.5. The van der Waals surface area contributed by atoms with Gasteiger partial charge in [-0.05, 0) is 11.0 Å². The van der Waals surface area contributed by atoms with E-state index in [1.165, 1.54) is 6.07 Å². The Kier molecular flexibility index (Phi) is 2.09. The van der Waals surface area contributed by atoms with E-state index in [1.54, 1.807) is 12.1 Å². The Morgan fingerprint density at radius 1 is 1.29 bits per heavy atom. The maximum absolute atomic E-state index is 10.5. The van der Waals surface area contributed by atoms with Gasteiger partial charge in [-0.3, -0.25) is 0 Å². The molecule has 0 amide bonds. The third kappa shape index (κ3) is 1.42. The smallest absolute Gasteiger partial charge is 0.322 e. The summed E-state index contributed by atoms with van der Waals surface area (Å²) in [6, 6.07) is 4.52. The zero-order valence-corrected chi connectivity index (χ0v) is 8.26. The van der Waals surface area contributed by atoms with Crippen LogP contribution in [0, 0.1) is 10.1 Å². The Balaban J connectivity index is 2.76. The van der Waals surface area contributed by atoms with Gasteiger partial charge in [0.25, 0.3) is 0 Å². The molecule has 0 unspecified atom stereocenters. The standard InChI is InChI=1S/C8H4Cl2N2O2/c9-4-1-6(10)5-3-8(12(13)14)11-7(5)2-4/h1-3,11H. The van der Waals surface area contributed by atoms with Crippen LogP contribution in [-0.4, -0.2) is 9.91 Å². The normalized spacial score (nSPS) is 10.7. The molecule has 0 saturated carbocycles. The number of hydrogen-bond acceptors (Lipinski definition) is 2. The Hall–Kier alpha value is -1.26. The van der Waals surface area contributed by atoms with Crippen LogP contribution in [0.5, 0.6) is 0 Å². The quantitative estimate of drug-likeness (QED) is 0.604. The summed E-state index contributed by atoms with van der Waals surface area (Å²) in [5, 5.41) is 11.9. The van der Waals surface area contributed by atoms with Gasteiger partial charge in [0.1, 0.15) is 5.52 Å². The van der Waals surface area contributed by atoms with Crippen LogP contribution in [0.25, 0.3) is 10.9 Å². The molecule has 4 nitrogen and oxygen atoms in total. The fourth-order valence-corrected chi connectivity index (χ4v) is 1.79. The molecule has 0 aliphatic heterocycles. The molecule has 0 fully saturated rings. The third-order valence-electron chi connectivity index (χ3n) is 1.83. The monoisotopic (exact) mass is 230 g/mol. The first-order valence-electron chi connectivity index (χ1n) is 3.70. The maximum Gasteiger partial charge on any atom is 0.322 e. The molecule has 2 aromatic rings. The molecule has 0 atom stereocenters. The molecule has 1 aromatic carbocycles. The lowest BCUT2D eigenvalue weighted by Crippen LogP contribution is -1.85. The van der Waals surface area contributed by atoms with Crippen LogP contribution >= 0.6 is 23.2 Å². The second kappa shape index (κ2) is 3.15. The fraction of sp³-hybridized carbons (Fsp3) is 0. The lowest BCUT2D eigenvalue weighted by Gasteiger charge is -1.91. The van der Waals surface area contributed by atoms with Crippen LogP contribution < -0.4 is 0 Å². The largest absolute Gasteiger partial charge is 0.358 e. The van der Waals surface area contributed by atoms with Crippen molar-refractivity contribution in [2.45, 2.75) is 0 Å². The Morgan fingerprint density at radius 3 is 2.64 bits per heavy atom. The van der Waals surface area contributed by atoms with Crippen LogP contribution in [0.4, 0.5) is 5.82 Å². The molecule has 1 aromatic heterocycles. The first-order chi connectivity index (χ1) is 6.58. The zero-order chi connectivity index (χ0) is 10.3. The lowest BCUT2D eigenvalue weighted by molar-refractivity contribution is -0.389. The summed E-state index contributed by atoms with van der Waals surface area (Å²) in [5.74, 6) is -0.0934. The van der Waals surface area contributed by atoms with Gasteiger partial charge < -0.3 is 10.1 Å². The van der Waals surface area contributed by atoms with Gasteiger partial charge in [0.2, 0.25) is 0 Å². The van der Waals surface area contributed by atoms with Crippen molar-refractivity contribution in [3.05, 3.63) is 38.4 Å². The number of aromatic amines is 1. The van der Waals surface area contributed by atoms with Crippen LogP contribution in [-0.2, 0) is 0 Å². The van der Waals surface area contributed by atoms with Crippen molar-refractivity contribution in [3.8, 4) is 0 Å². The van der Waals surface area contributed by atoms with Crippen molar-refractivity contribution in [2.75, 3.05) is 0 Å². The SMILES string of the molecule is O=[N+]([O-])c1cc2c(Cl)cc(Cl)cc2[nH]1. The Labute approximate surface area is 88.6 Å². The van der Waals surface area contributed by atoms with E-state index in [1.807, 2.05) is 0 Å². The van der Waals surface area contributed by atoms with Crippen molar-refractivity contribution in [1.82, 2.24) is 4.98 Å². The first kappa shape index (κ1) is 9.30. The summed E-state index contributed by atoms with van der Waals surface area (Å²) in [5.41, 5.74) is 0.564. The fourth-order valence-electron chi connectivity index (χ4n) is 1.24. The summed E-state index contributed by atoms with van der Waals surface area (Å²) in [6.07, 6.45) is 0. The van der Waals surface area contributed by atoms with E-state index in [-0.39, 0.29) is 5.82 Å². The van der Waals surface area contributed by atoms with E-state index >= 15 is 0 Å². The zero-order valence-electron chi connectivity index (χ0n) is 6.75. The van der Waals surface area contributed by atoms with Gasteiger partial charge in [-0.25, -0.2) is 4.98 Å². The molecular formula is C8H4Cl2N2O2. The highest BCUT2D eigenvalue weighted by Gasteiger charge is 2.12. The number of nitrogens with one attached hydrogen (secondary N) is 1. The van der Waals surface area contributed by atoms with Gasteiger partial charge >= 0.3 is 5.82 Å². The first-order valence-corrected chi connectivity index (χ1v) is 4.45. The molecule has 0 bridgehead atoms. The Morgan fingerprint density at radius 2 is 2.00 bits per heavy atom. The number of nitrogens with zero attached hydrogens (tertiary/aromatic N) is 1. The van der Waals surface area contributed by atoms with E-state index in [4.69, 9.17) is 23.2 Å². The second-order valence-corrected chi connectivity index (χ2v) is 3.60. The van der Waals surface area contributed by atoms with Crippen LogP contribution in [0.2, 0.25) is 10.0 Å². The van der Waals surface area contributed by atoms with Gasteiger partial charge in [0.15, 0.2) is 0 Å². The van der Waals surface area contributed by atoms with E-state index in [2.05, 4.69) is 4.98 Å². The topological polar surface area (TPSA) is 58.9 Å². The number of benzene rings is 1. The number of fused-ring (bicyclic) bond motifs is 1. The third-order valence-corrected chi connectivity index (χ3v) is 2.37. The predicted octanol–water partition coefficient (Wildman–Crippen LogP) is 3.38. The van der Waals surface area contributed by atoms with Gasteiger partial charge in [0.05, 0.1) is 5.02 Å². The molecule has 0 aliphatic carbocycles. The average molecular weight is 231 g/mol. The van der Waals surface area contributed by atoms with E-state index in [9.17, 15) is 10.1 Å². The molecular weight excluding hydrogens is 227 g/mol. The van der Waals surface area contributed by atoms with E-state index < -0.39 is 4.92 Å². The number of aromatic nitrogens is 1. The highest BCUT2D eigenvalue weighted by molar-refractivity contribution is 6.38. The van der Waals surface area contributed by atoms with Gasteiger partial charge in [-0.1, -0.05) is 23.2 Å². The summed E-state index contributed by atoms with van der Waals surface area (Å²) < 4.78 is 0. The molecule has 0 spiro atoms. The number of halogens is 2. The molecule has 1 N–H and O–H groups in total. The van der Waals surface area contributed by atoms with E-state index in [0.29, 0.717) is 20.9 Å². The van der Waals surface area contributed by atoms with Crippen LogP contribution in [0.15, 0.2) is 18.2 Å². The maximum atomic E-state index is 10.5. The summed E-state index contributed by atoms with van der Waals surface area (Å²) in [4.78, 5) is 12.6. The molecule has 2 rings (SSSR count). The molecule has 14 heavy (non-hydrogen) atoms. The summed E-state index contributed by atoms with van der Waals surface area (Å²) in [7, 11) is 0. The molecule has 1 heterocycles. The lowest BCUT2D eigenvalue weighted by atomic mass is 10.2. The molecule has 6 heteroatoms. The molecule has 0 aliphatic rings. The number of nitro groups is 1. The minimum absolute atomic E-state index is 0.0934. The predicted molar refractivity (Wildman–Crippen MR) is 55.0 cm³/mol. The van der Waals surface area contributed by atoms with Crippen molar-refractivity contribution < 1.29 is 4.92 Å². The minimum atomic E-state index is -0.510. The van der Waals surface area contributed by atoms with Crippen molar-refractivity contribution >= 4 is 39.9 Å². The summed E-state index contributed by atoms with van der Waals surface area (Å²) >= 11 is 11.6. The van der Waals surface area contributed by atoms with E-state index in [0.717, 1.165) is 0 Å². The summed E-state index contributed by atoms with van der Waals surface area (Å²) in [6.45, 7) is 0. The van der Waals surface area contributed by atoms with Crippen LogP contribution in [0.1, 0.15) is 0 Å². The van der Waals surface area contributed by atoms with Crippen molar-refractivity contribution in [3.63, 3.8) is 0 Å².